The summed E-state index contributed by atoms with van der Waals surface area (Å²) in [5.41, 5.74) is 5.85. The van der Waals surface area contributed by atoms with Gasteiger partial charge >= 0.3 is 0 Å². The molecular formula is C22H24Cl2N4. The minimum Gasteiger partial charge on any atom is -0.366 e. The molecular weight excluding hydrogens is 391 g/mol. The maximum absolute atomic E-state index is 6.15. The van der Waals surface area contributed by atoms with Crippen LogP contribution < -0.4 is 4.90 Å². The summed E-state index contributed by atoms with van der Waals surface area (Å²) in [4.78, 5) is 4.92. The Morgan fingerprint density at radius 1 is 0.893 bits per heavy atom. The molecule has 1 saturated heterocycles. The van der Waals surface area contributed by atoms with Crippen LogP contribution in [-0.4, -0.2) is 40.9 Å². The number of rotatable bonds is 4. The van der Waals surface area contributed by atoms with Crippen molar-refractivity contribution in [3.8, 4) is 5.69 Å². The van der Waals surface area contributed by atoms with Crippen LogP contribution in [0.5, 0.6) is 0 Å². The molecule has 3 aromatic rings. The SMILES string of the molecule is Cc1nn(-c2ccccc2)c(C)c1N1CCN(Cc2ccc(Cl)c(Cl)c2)CC1. The Kier molecular flexibility index (Phi) is 5.63. The van der Waals surface area contributed by atoms with Gasteiger partial charge < -0.3 is 4.90 Å². The lowest BCUT2D eigenvalue weighted by molar-refractivity contribution is 0.249. The Bertz CT molecular complexity index is 960. The molecule has 2 aromatic carbocycles. The van der Waals surface area contributed by atoms with E-state index in [9.17, 15) is 0 Å². The minimum absolute atomic E-state index is 0.608. The van der Waals surface area contributed by atoms with Crippen molar-refractivity contribution in [2.24, 2.45) is 0 Å². The summed E-state index contributed by atoms with van der Waals surface area (Å²) in [7, 11) is 0. The third-order valence-corrected chi connectivity index (χ3v) is 6.07. The molecule has 0 bridgehead atoms. The number of hydrogen-bond donors (Lipinski definition) is 0. The molecule has 0 unspecified atom stereocenters. The summed E-state index contributed by atoms with van der Waals surface area (Å²) >= 11 is 12.2. The summed E-state index contributed by atoms with van der Waals surface area (Å²) in [6.45, 7) is 9.15. The van der Waals surface area contributed by atoms with Crippen LogP contribution in [0.3, 0.4) is 0 Å². The maximum Gasteiger partial charge on any atom is 0.0834 e. The average Bonchev–Trinajstić information content (AvgIpc) is 3.00. The smallest absolute Gasteiger partial charge is 0.0834 e. The predicted molar refractivity (Wildman–Crippen MR) is 117 cm³/mol. The number of aromatic nitrogens is 2. The van der Waals surface area contributed by atoms with Crippen molar-refractivity contribution in [3.63, 3.8) is 0 Å². The number of benzene rings is 2. The minimum atomic E-state index is 0.608. The number of para-hydroxylation sites is 1. The fourth-order valence-electron chi connectivity index (χ4n) is 3.94. The van der Waals surface area contributed by atoms with Gasteiger partial charge in [0.15, 0.2) is 0 Å². The molecule has 1 aliphatic rings. The summed E-state index contributed by atoms with van der Waals surface area (Å²) in [5, 5.41) is 6.03. The van der Waals surface area contributed by atoms with Crippen LogP contribution >= 0.6 is 23.2 Å². The van der Waals surface area contributed by atoms with Gasteiger partial charge in [0.1, 0.15) is 0 Å². The van der Waals surface area contributed by atoms with Gasteiger partial charge in [-0.3, -0.25) is 4.90 Å². The largest absolute Gasteiger partial charge is 0.366 e. The van der Waals surface area contributed by atoms with Crippen LogP contribution in [0.25, 0.3) is 5.69 Å². The third-order valence-electron chi connectivity index (χ3n) is 5.33. The molecule has 1 aliphatic heterocycles. The fraction of sp³-hybridized carbons (Fsp3) is 0.318. The first-order valence-corrected chi connectivity index (χ1v) is 10.3. The molecule has 0 aliphatic carbocycles. The molecule has 6 heteroatoms. The van der Waals surface area contributed by atoms with Gasteiger partial charge in [-0.1, -0.05) is 47.5 Å². The number of anilines is 1. The zero-order valence-electron chi connectivity index (χ0n) is 16.2. The number of aryl methyl sites for hydroxylation is 1. The van der Waals surface area contributed by atoms with E-state index in [4.69, 9.17) is 28.3 Å². The predicted octanol–water partition coefficient (Wildman–Crippen LogP) is 5.12. The highest BCUT2D eigenvalue weighted by Crippen LogP contribution is 2.28. The second-order valence-electron chi connectivity index (χ2n) is 7.28. The van der Waals surface area contributed by atoms with Gasteiger partial charge in [0.05, 0.1) is 32.8 Å². The Labute approximate surface area is 176 Å². The van der Waals surface area contributed by atoms with Crippen molar-refractivity contribution in [2.75, 3.05) is 31.1 Å². The first-order chi connectivity index (χ1) is 13.5. The standard InChI is InChI=1S/C22H24Cl2N4/c1-16-22(17(2)28(25-16)19-6-4-3-5-7-19)27-12-10-26(11-13-27)15-18-8-9-20(23)21(24)14-18/h3-9,14H,10-13,15H2,1-2H3. The van der Waals surface area contributed by atoms with Crippen LogP contribution in [0, 0.1) is 13.8 Å². The van der Waals surface area contributed by atoms with Gasteiger partial charge in [-0.2, -0.15) is 5.10 Å². The molecule has 1 aromatic heterocycles. The summed E-state index contributed by atoms with van der Waals surface area (Å²) in [6, 6.07) is 16.2. The summed E-state index contributed by atoms with van der Waals surface area (Å²) < 4.78 is 2.05. The van der Waals surface area contributed by atoms with E-state index < -0.39 is 0 Å². The molecule has 1 fully saturated rings. The molecule has 4 nitrogen and oxygen atoms in total. The molecule has 4 rings (SSSR count). The number of nitrogens with zero attached hydrogens (tertiary/aromatic N) is 4. The van der Waals surface area contributed by atoms with Crippen LogP contribution in [0.4, 0.5) is 5.69 Å². The van der Waals surface area contributed by atoms with E-state index in [-0.39, 0.29) is 0 Å². The van der Waals surface area contributed by atoms with E-state index >= 15 is 0 Å². The maximum atomic E-state index is 6.15. The quantitative estimate of drug-likeness (QED) is 0.591. The highest BCUT2D eigenvalue weighted by Gasteiger charge is 2.23. The van der Waals surface area contributed by atoms with E-state index in [1.54, 1.807) is 0 Å². The summed E-state index contributed by atoms with van der Waals surface area (Å²) in [5.74, 6) is 0. The van der Waals surface area contributed by atoms with Gasteiger partial charge in [0.2, 0.25) is 0 Å². The molecule has 28 heavy (non-hydrogen) atoms. The number of hydrogen-bond acceptors (Lipinski definition) is 3. The topological polar surface area (TPSA) is 24.3 Å². The Hall–Kier alpha value is -2.01. The van der Waals surface area contributed by atoms with Crippen molar-refractivity contribution >= 4 is 28.9 Å². The molecule has 2 heterocycles. The second kappa shape index (κ2) is 8.16. The van der Waals surface area contributed by atoms with Crippen molar-refractivity contribution in [1.29, 1.82) is 0 Å². The van der Waals surface area contributed by atoms with Gasteiger partial charge in [0.25, 0.3) is 0 Å². The lowest BCUT2D eigenvalue weighted by Crippen LogP contribution is -2.46. The van der Waals surface area contributed by atoms with Crippen molar-refractivity contribution in [2.45, 2.75) is 20.4 Å². The molecule has 146 valence electrons. The zero-order valence-corrected chi connectivity index (χ0v) is 17.7. The highest BCUT2D eigenvalue weighted by molar-refractivity contribution is 6.42. The third kappa shape index (κ3) is 3.90. The van der Waals surface area contributed by atoms with Crippen LogP contribution in [0.15, 0.2) is 48.5 Å². The lowest BCUT2D eigenvalue weighted by Gasteiger charge is -2.36. The van der Waals surface area contributed by atoms with Crippen LogP contribution in [0.2, 0.25) is 10.0 Å². The fourth-order valence-corrected chi connectivity index (χ4v) is 4.26. The van der Waals surface area contributed by atoms with E-state index in [1.165, 1.54) is 16.9 Å². The second-order valence-corrected chi connectivity index (χ2v) is 8.09. The molecule has 0 saturated carbocycles. The Morgan fingerprint density at radius 3 is 2.29 bits per heavy atom. The normalized spacial score (nSPS) is 15.2. The molecule has 0 atom stereocenters. The zero-order chi connectivity index (χ0) is 19.7. The van der Waals surface area contributed by atoms with Crippen LogP contribution in [0.1, 0.15) is 17.0 Å². The highest BCUT2D eigenvalue weighted by atomic mass is 35.5. The van der Waals surface area contributed by atoms with E-state index in [1.807, 2.05) is 35.0 Å². The van der Waals surface area contributed by atoms with Gasteiger partial charge in [-0.25, -0.2) is 4.68 Å². The number of halogens is 2. The molecule has 0 N–H and O–H groups in total. The van der Waals surface area contributed by atoms with Crippen molar-refractivity contribution in [1.82, 2.24) is 14.7 Å². The first-order valence-electron chi connectivity index (χ1n) is 9.56. The molecule has 0 radical (unpaired) electrons. The van der Waals surface area contributed by atoms with Crippen molar-refractivity contribution < 1.29 is 0 Å². The van der Waals surface area contributed by atoms with Gasteiger partial charge in [0, 0.05) is 32.7 Å². The van der Waals surface area contributed by atoms with E-state index in [0.29, 0.717) is 10.0 Å². The summed E-state index contributed by atoms with van der Waals surface area (Å²) in [6.07, 6.45) is 0. The van der Waals surface area contributed by atoms with Gasteiger partial charge in [-0.05, 0) is 43.7 Å². The molecule has 0 spiro atoms. The van der Waals surface area contributed by atoms with Crippen molar-refractivity contribution in [3.05, 3.63) is 75.5 Å². The first kappa shape index (κ1) is 19.3. The monoisotopic (exact) mass is 414 g/mol. The lowest BCUT2D eigenvalue weighted by atomic mass is 10.2. The Morgan fingerprint density at radius 2 is 1.61 bits per heavy atom. The van der Waals surface area contributed by atoms with E-state index in [0.717, 1.165) is 44.1 Å². The average molecular weight is 415 g/mol. The van der Waals surface area contributed by atoms with E-state index in [2.05, 4.69) is 41.8 Å². The Balaban J connectivity index is 1.45. The number of piperazine rings is 1. The van der Waals surface area contributed by atoms with Gasteiger partial charge in [-0.15, -0.1) is 0 Å². The molecule has 0 amide bonds. The van der Waals surface area contributed by atoms with Crippen LogP contribution in [-0.2, 0) is 6.54 Å².